The minimum Gasteiger partial charge on any atom is -0.496 e. The van der Waals surface area contributed by atoms with Crippen molar-refractivity contribution in [2.75, 3.05) is 14.2 Å². The first-order valence-corrected chi connectivity index (χ1v) is 8.95. The average Bonchev–Trinajstić information content (AvgIpc) is 2.58. The molecule has 0 amide bonds. The smallest absolute Gasteiger partial charge is 0.189 e. The van der Waals surface area contributed by atoms with Crippen LogP contribution in [0.4, 0.5) is 0 Å². The van der Waals surface area contributed by atoms with Crippen LogP contribution in [0.2, 0.25) is 5.02 Å². The van der Waals surface area contributed by atoms with Crippen LogP contribution in [0.25, 0.3) is 10.9 Å². The lowest BCUT2D eigenvalue weighted by molar-refractivity contribution is 0.259. The van der Waals surface area contributed by atoms with Gasteiger partial charge in [-0.25, -0.2) is 0 Å². The Hall–Kier alpha value is -1.82. The maximum Gasteiger partial charge on any atom is 0.189 e. The van der Waals surface area contributed by atoms with Gasteiger partial charge in [-0.15, -0.1) is 0 Å². The molecule has 0 atom stereocenters. The summed E-state index contributed by atoms with van der Waals surface area (Å²) in [7, 11) is 3.67. The first-order chi connectivity index (χ1) is 12.0. The minimum atomic E-state index is 0.0201. The van der Waals surface area contributed by atoms with E-state index in [-0.39, 0.29) is 5.43 Å². The van der Waals surface area contributed by atoms with Crippen LogP contribution in [0.1, 0.15) is 5.56 Å². The highest BCUT2D eigenvalue weighted by Crippen LogP contribution is 2.25. The molecule has 2 aromatic carbocycles. The summed E-state index contributed by atoms with van der Waals surface area (Å²) in [6.07, 6.45) is 1.82. The maximum absolute atomic E-state index is 12.1. The molecule has 0 fully saturated rings. The second kappa shape index (κ2) is 7.60. The van der Waals surface area contributed by atoms with Gasteiger partial charge in [-0.1, -0.05) is 17.7 Å². The monoisotopic (exact) mass is 420 g/mol. The second-order valence-corrected chi connectivity index (χ2v) is 7.19. The van der Waals surface area contributed by atoms with Gasteiger partial charge in [0.25, 0.3) is 0 Å². The lowest BCUT2D eigenvalue weighted by Gasteiger charge is -2.22. The van der Waals surface area contributed by atoms with E-state index in [4.69, 9.17) is 16.3 Å². The highest BCUT2D eigenvalue weighted by Gasteiger charge is 2.11. The molecular formula is C19H18BrClN2O2. The zero-order valence-corrected chi connectivity index (χ0v) is 16.3. The number of hydrogen-bond acceptors (Lipinski definition) is 3. The standard InChI is InChI=1S/C19H18BrClN2O2/c1-22(11-13-10-14(21)6-7-18(13)25-2)12-23-9-8-17(24)15-4-3-5-16(20)19(15)23/h3-10H,11-12H2,1-2H3. The Morgan fingerprint density at radius 2 is 2.04 bits per heavy atom. The Morgan fingerprint density at radius 1 is 1.24 bits per heavy atom. The van der Waals surface area contributed by atoms with Crippen molar-refractivity contribution in [3.05, 3.63) is 73.9 Å². The molecule has 0 N–H and O–H groups in total. The van der Waals surface area contributed by atoms with Crippen molar-refractivity contribution in [1.29, 1.82) is 0 Å². The molecule has 0 saturated heterocycles. The third-order valence-corrected chi connectivity index (χ3v) is 4.90. The summed E-state index contributed by atoms with van der Waals surface area (Å²) in [5.74, 6) is 0.808. The Labute approximate surface area is 159 Å². The van der Waals surface area contributed by atoms with Crippen LogP contribution in [0.3, 0.4) is 0 Å². The van der Waals surface area contributed by atoms with Crippen molar-refractivity contribution < 1.29 is 4.74 Å². The second-order valence-electron chi connectivity index (χ2n) is 5.90. The number of aromatic nitrogens is 1. The van der Waals surface area contributed by atoms with Crippen molar-refractivity contribution in [3.63, 3.8) is 0 Å². The zero-order valence-electron chi connectivity index (χ0n) is 14.0. The molecule has 1 heterocycles. The van der Waals surface area contributed by atoms with Crippen LogP contribution in [0, 0.1) is 0 Å². The number of hydrogen-bond donors (Lipinski definition) is 0. The van der Waals surface area contributed by atoms with Crippen LogP contribution in [-0.2, 0) is 13.2 Å². The number of pyridine rings is 1. The average molecular weight is 422 g/mol. The van der Waals surface area contributed by atoms with E-state index < -0.39 is 0 Å². The predicted molar refractivity (Wildman–Crippen MR) is 105 cm³/mol. The molecule has 3 aromatic rings. The van der Waals surface area contributed by atoms with Gasteiger partial charge in [0.15, 0.2) is 5.43 Å². The van der Waals surface area contributed by atoms with Crippen molar-refractivity contribution in [1.82, 2.24) is 9.47 Å². The molecule has 0 aliphatic rings. The molecule has 0 aliphatic carbocycles. The fourth-order valence-corrected chi connectivity index (χ4v) is 3.71. The largest absolute Gasteiger partial charge is 0.496 e. The number of nitrogens with zero attached hydrogens (tertiary/aromatic N) is 2. The molecular weight excluding hydrogens is 404 g/mol. The van der Waals surface area contributed by atoms with Gasteiger partial charge in [0.05, 0.1) is 19.3 Å². The third-order valence-electron chi connectivity index (χ3n) is 4.02. The molecule has 0 unspecified atom stereocenters. The summed E-state index contributed by atoms with van der Waals surface area (Å²) in [5.41, 5.74) is 1.92. The Morgan fingerprint density at radius 3 is 2.80 bits per heavy atom. The van der Waals surface area contributed by atoms with Gasteiger partial charge >= 0.3 is 0 Å². The molecule has 0 saturated carbocycles. The lowest BCUT2D eigenvalue weighted by atomic mass is 10.2. The summed E-state index contributed by atoms with van der Waals surface area (Å²) in [5, 5.41) is 1.38. The van der Waals surface area contributed by atoms with E-state index in [0.717, 1.165) is 21.3 Å². The third kappa shape index (κ3) is 3.89. The van der Waals surface area contributed by atoms with Crippen LogP contribution in [0.5, 0.6) is 5.75 Å². The van der Waals surface area contributed by atoms with Crippen molar-refractivity contribution in [2.45, 2.75) is 13.2 Å². The van der Waals surface area contributed by atoms with Crippen LogP contribution in [0.15, 0.2) is 57.9 Å². The topological polar surface area (TPSA) is 34.5 Å². The summed E-state index contributed by atoms with van der Waals surface area (Å²) < 4.78 is 8.37. The number of fused-ring (bicyclic) bond motifs is 1. The van der Waals surface area contributed by atoms with E-state index >= 15 is 0 Å². The zero-order chi connectivity index (χ0) is 18.0. The van der Waals surface area contributed by atoms with E-state index in [2.05, 4.69) is 25.4 Å². The van der Waals surface area contributed by atoms with Gasteiger partial charge in [0.2, 0.25) is 0 Å². The van der Waals surface area contributed by atoms with E-state index in [1.807, 2.05) is 49.6 Å². The number of benzene rings is 2. The van der Waals surface area contributed by atoms with Gasteiger partial charge in [-0.05, 0) is 53.3 Å². The Balaban J connectivity index is 1.91. The molecule has 0 aliphatic heterocycles. The minimum absolute atomic E-state index is 0.0201. The first kappa shape index (κ1) is 18.0. The number of halogens is 2. The lowest BCUT2D eigenvalue weighted by Crippen LogP contribution is -2.23. The Kier molecular flexibility index (Phi) is 5.47. The summed E-state index contributed by atoms with van der Waals surface area (Å²) in [4.78, 5) is 14.2. The fraction of sp³-hybridized carbons (Fsp3) is 0.211. The van der Waals surface area contributed by atoms with Crippen molar-refractivity contribution >= 4 is 38.4 Å². The van der Waals surface area contributed by atoms with Crippen molar-refractivity contribution in [3.8, 4) is 5.75 Å². The molecule has 0 bridgehead atoms. The van der Waals surface area contributed by atoms with Crippen LogP contribution < -0.4 is 10.2 Å². The number of para-hydroxylation sites is 1. The van der Waals surface area contributed by atoms with E-state index in [1.165, 1.54) is 0 Å². The molecule has 130 valence electrons. The summed E-state index contributed by atoms with van der Waals surface area (Å²) in [6, 6.07) is 12.9. The maximum atomic E-state index is 12.1. The quantitative estimate of drug-likeness (QED) is 0.608. The van der Waals surface area contributed by atoms with Gasteiger partial charge in [0, 0.05) is 39.3 Å². The van der Waals surface area contributed by atoms with E-state index in [1.54, 1.807) is 13.2 Å². The first-order valence-electron chi connectivity index (χ1n) is 7.78. The number of methoxy groups -OCH3 is 1. The Bertz CT molecular complexity index is 971. The van der Waals surface area contributed by atoms with Crippen molar-refractivity contribution in [2.24, 2.45) is 0 Å². The van der Waals surface area contributed by atoms with E-state index in [0.29, 0.717) is 23.6 Å². The number of ether oxygens (including phenoxy) is 1. The van der Waals surface area contributed by atoms with Gasteiger partial charge < -0.3 is 9.30 Å². The normalized spacial score (nSPS) is 11.2. The fourth-order valence-electron chi connectivity index (χ4n) is 2.92. The highest BCUT2D eigenvalue weighted by atomic mass is 79.9. The summed E-state index contributed by atoms with van der Waals surface area (Å²) in [6.45, 7) is 1.29. The van der Waals surface area contributed by atoms with E-state index in [9.17, 15) is 4.79 Å². The van der Waals surface area contributed by atoms with Gasteiger partial charge in [-0.2, -0.15) is 0 Å². The molecule has 3 rings (SSSR count). The molecule has 4 nitrogen and oxygen atoms in total. The van der Waals surface area contributed by atoms with Gasteiger partial charge in [0.1, 0.15) is 5.75 Å². The summed E-state index contributed by atoms with van der Waals surface area (Å²) >= 11 is 9.67. The van der Waals surface area contributed by atoms with Gasteiger partial charge in [-0.3, -0.25) is 9.69 Å². The molecule has 25 heavy (non-hydrogen) atoms. The molecule has 1 aromatic heterocycles. The van der Waals surface area contributed by atoms with Crippen LogP contribution >= 0.6 is 27.5 Å². The molecule has 6 heteroatoms. The predicted octanol–water partition coefficient (Wildman–Crippen LogP) is 4.52. The SMILES string of the molecule is COc1ccc(Cl)cc1CN(C)Cn1ccc(=O)c2cccc(Br)c21. The highest BCUT2D eigenvalue weighted by molar-refractivity contribution is 9.10. The van der Waals surface area contributed by atoms with Crippen LogP contribution in [-0.4, -0.2) is 23.6 Å². The molecule has 0 radical (unpaired) electrons. The number of rotatable bonds is 5. The molecule has 0 spiro atoms.